The molecule has 1 N–H and O–H groups in total. The van der Waals surface area contributed by atoms with E-state index in [4.69, 9.17) is 4.74 Å². The number of ether oxygens (including phenoxy) is 2. The maximum absolute atomic E-state index is 12.2. The van der Waals surface area contributed by atoms with E-state index >= 15 is 0 Å². The van der Waals surface area contributed by atoms with Crippen LogP contribution in [0.15, 0.2) is 11.5 Å². The number of amides is 1. The number of esters is 2. The van der Waals surface area contributed by atoms with Gasteiger partial charge in [0.05, 0.1) is 11.8 Å². The average molecular weight is 442 g/mol. The molecule has 0 radical (unpaired) electrons. The van der Waals surface area contributed by atoms with Gasteiger partial charge in [0, 0.05) is 6.08 Å². The monoisotopic (exact) mass is 441 g/mol. The minimum Gasteiger partial charge on any atom is -0.459 e. The van der Waals surface area contributed by atoms with E-state index < -0.39 is 36.1 Å². The second kappa shape index (κ2) is 10.4. The first-order chi connectivity index (χ1) is 14.0. The fourth-order valence-electron chi connectivity index (χ4n) is 3.64. The zero-order chi connectivity index (χ0) is 22.5. The van der Waals surface area contributed by atoms with Crippen molar-refractivity contribution in [2.24, 2.45) is 11.3 Å². The number of Topliss-reactive ketones (excluding diaryl/α,β-unsaturated/α-hetero) is 1. The van der Waals surface area contributed by atoms with Crippen molar-refractivity contribution in [1.29, 1.82) is 0 Å². The molecular formula is C21H31NO7S. The van der Waals surface area contributed by atoms with Gasteiger partial charge in [0.25, 0.3) is 0 Å². The molecule has 1 aliphatic heterocycles. The predicted molar refractivity (Wildman–Crippen MR) is 111 cm³/mol. The average Bonchev–Trinajstić information content (AvgIpc) is 2.65. The topological polar surface area (TPSA) is 110 Å². The van der Waals surface area contributed by atoms with Crippen molar-refractivity contribution in [3.63, 3.8) is 0 Å². The summed E-state index contributed by atoms with van der Waals surface area (Å²) in [4.78, 5) is 47.5. The summed E-state index contributed by atoms with van der Waals surface area (Å²) < 4.78 is 10.2. The van der Waals surface area contributed by atoms with Crippen LogP contribution in [-0.4, -0.2) is 57.9 Å². The normalized spacial score (nSPS) is 27.7. The van der Waals surface area contributed by atoms with Gasteiger partial charge in [-0.15, -0.1) is 11.8 Å². The van der Waals surface area contributed by atoms with Crippen LogP contribution in [0.4, 0.5) is 0 Å². The fraction of sp³-hybridized carbons (Fsp3) is 0.714. The molecule has 1 saturated heterocycles. The third-order valence-electron chi connectivity index (χ3n) is 5.92. The van der Waals surface area contributed by atoms with Crippen molar-refractivity contribution in [1.82, 2.24) is 4.90 Å². The lowest BCUT2D eigenvalue weighted by Gasteiger charge is -2.41. The molecule has 0 aromatic carbocycles. The number of hydrogen-bond donors (Lipinski definition) is 1. The van der Waals surface area contributed by atoms with E-state index in [1.165, 1.54) is 18.4 Å². The molecule has 2 fully saturated rings. The first kappa shape index (κ1) is 24.4. The molecule has 1 heterocycles. The van der Waals surface area contributed by atoms with E-state index in [1.807, 2.05) is 0 Å². The number of ketones is 1. The van der Waals surface area contributed by atoms with Crippen molar-refractivity contribution >= 4 is 35.4 Å². The molecular weight excluding hydrogens is 410 g/mol. The van der Waals surface area contributed by atoms with Gasteiger partial charge in [-0.25, -0.2) is 9.59 Å². The first-order valence-corrected chi connectivity index (χ1v) is 11.2. The Balaban J connectivity index is 1.81. The summed E-state index contributed by atoms with van der Waals surface area (Å²) in [5.74, 6) is -1.77. The number of likely N-dealkylation sites (tertiary alicyclic amines) is 1. The summed E-state index contributed by atoms with van der Waals surface area (Å²) in [6.45, 7) is 7.40. The van der Waals surface area contributed by atoms with Crippen LogP contribution in [0.1, 0.15) is 59.8 Å². The number of β-lactam (4-membered cyclic amide) rings is 1. The standard InChI is InChI=1S/C21H31NO7S/c1-13(2)21(4)8-5-6-15(11-21)29-18(25)7-9-30-17-10-16(24)22(17)19(26)20(27)28-12-14(3)23/h7,9,13,15,17,19,26H,5-6,8,10-12H2,1-4H3/t15-,17+,19?,21+/m0/s1. The predicted octanol–water partition coefficient (Wildman–Crippen LogP) is 2.39. The molecule has 30 heavy (non-hydrogen) atoms. The van der Waals surface area contributed by atoms with Crippen LogP contribution >= 0.6 is 11.8 Å². The van der Waals surface area contributed by atoms with Crippen LogP contribution in [0.5, 0.6) is 0 Å². The van der Waals surface area contributed by atoms with Crippen LogP contribution in [0.25, 0.3) is 0 Å². The largest absolute Gasteiger partial charge is 0.459 e. The summed E-state index contributed by atoms with van der Waals surface area (Å²) in [5.41, 5.74) is 0.168. The molecule has 2 aliphatic rings. The summed E-state index contributed by atoms with van der Waals surface area (Å²) in [5, 5.41) is 11.0. The van der Waals surface area contributed by atoms with Gasteiger partial charge in [0.2, 0.25) is 12.1 Å². The Morgan fingerprint density at radius 2 is 2.07 bits per heavy atom. The van der Waals surface area contributed by atoms with Crippen LogP contribution in [0.2, 0.25) is 0 Å². The maximum atomic E-state index is 12.2. The summed E-state index contributed by atoms with van der Waals surface area (Å²) >= 11 is 1.13. The summed E-state index contributed by atoms with van der Waals surface area (Å²) in [7, 11) is 0. The highest BCUT2D eigenvalue weighted by atomic mass is 32.2. The van der Waals surface area contributed by atoms with Crippen molar-refractivity contribution in [3.05, 3.63) is 11.5 Å². The van der Waals surface area contributed by atoms with Gasteiger partial charge in [0.1, 0.15) is 12.7 Å². The second-order valence-electron chi connectivity index (χ2n) is 8.55. The lowest BCUT2D eigenvalue weighted by Crippen LogP contribution is -2.58. The van der Waals surface area contributed by atoms with Gasteiger partial charge in [0.15, 0.2) is 5.78 Å². The fourth-order valence-corrected chi connectivity index (χ4v) is 4.62. The van der Waals surface area contributed by atoms with Gasteiger partial charge < -0.3 is 14.6 Å². The molecule has 9 heteroatoms. The molecule has 4 atom stereocenters. The quantitative estimate of drug-likeness (QED) is 0.330. The van der Waals surface area contributed by atoms with Gasteiger partial charge in [-0.05, 0) is 49.3 Å². The molecule has 1 aliphatic carbocycles. The smallest absolute Gasteiger partial charge is 0.357 e. The van der Waals surface area contributed by atoms with Gasteiger partial charge in [-0.3, -0.25) is 14.5 Å². The van der Waals surface area contributed by atoms with Gasteiger partial charge in [-0.2, -0.15) is 0 Å². The van der Waals surface area contributed by atoms with Crippen LogP contribution in [0.3, 0.4) is 0 Å². The zero-order valence-corrected chi connectivity index (χ0v) is 18.8. The Morgan fingerprint density at radius 1 is 1.37 bits per heavy atom. The number of carbonyl (C=O) groups excluding carboxylic acids is 4. The van der Waals surface area contributed by atoms with Crippen LogP contribution in [-0.2, 0) is 28.7 Å². The molecule has 8 nitrogen and oxygen atoms in total. The Morgan fingerprint density at radius 3 is 2.67 bits per heavy atom. The molecule has 1 unspecified atom stereocenters. The number of nitrogens with zero attached hydrogens (tertiary/aromatic N) is 1. The van der Waals surface area contributed by atoms with Crippen molar-refractivity contribution in [3.8, 4) is 0 Å². The number of aliphatic hydroxyl groups is 1. The Labute approximate surface area is 181 Å². The highest BCUT2D eigenvalue weighted by Gasteiger charge is 2.44. The van der Waals surface area contributed by atoms with Crippen molar-refractivity contribution in [2.75, 3.05) is 6.61 Å². The minimum absolute atomic E-state index is 0.104. The number of aliphatic hydroxyl groups excluding tert-OH is 1. The highest BCUT2D eigenvalue weighted by molar-refractivity contribution is 8.02. The van der Waals surface area contributed by atoms with Crippen molar-refractivity contribution in [2.45, 2.75) is 77.5 Å². The molecule has 1 amide bonds. The Bertz CT molecular complexity index is 707. The van der Waals surface area contributed by atoms with Gasteiger partial charge >= 0.3 is 11.9 Å². The molecule has 0 aromatic heterocycles. The molecule has 168 valence electrons. The van der Waals surface area contributed by atoms with E-state index in [0.717, 1.165) is 42.3 Å². The number of thioether (sulfide) groups is 1. The molecule has 2 rings (SSSR count). The molecule has 0 aromatic rings. The third kappa shape index (κ3) is 6.31. The summed E-state index contributed by atoms with van der Waals surface area (Å²) in [6.07, 6.45) is 3.40. The number of hydrogen-bond acceptors (Lipinski definition) is 8. The SMILES string of the molecule is CC(=O)COC(=O)C(O)N1C(=O)C[C@H]1SC=CC(=O)O[C@H]1CCC[C@@](C)(C(C)C)C1. The highest BCUT2D eigenvalue weighted by Crippen LogP contribution is 2.43. The Hall–Kier alpha value is -1.87. The second-order valence-corrected chi connectivity index (χ2v) is 9.63. The van der Waals surface area contributed by atoms with Gasteiger partial charge in [-0.1, -0.05) is 20.8 Å². The lowest BCUT2D eigenvalue weighted by atomic mass is 9.67. The number of rotatable bonds is 9. The van der Waals surface area contributed by atoms with Crippen LogP contribution < -0.4 is 0 Å². The van der Waals surface area contributed by atoms with E-state index in [-0.39, 0.29) is 23.7 Å². The number of carbonyl (C=O) groups is 4. The van der Waals surface area contributed by atoms with E-state index in [2.05, 4.69) is 25.5 Å². The zero-order valence-electron chi connectivity index (χ0n) is 18.0. The Kier molecular flexibility index (Phi) is 8.49. The van der Waals surface area contributed by atoms with E-state index in [1.54, 1.807) is 0 Å². The third-order valence-corrected chi connectivity index (χ3v) is 6.93. The molecule has 0 bridgehead atoms. The maximum Gasteiger partial charge on any atom is 0.357 e. The first-order valence-electron chi connectivity index (χ1n) is 10.2. The molecule has 1 saturated carbocycles. The van der Waals surface area contributed by atoms with E-state index in [0.29, 0.717) is 5.92 Å². The lowest BCUT2D eigenvalue weighted by molar-refractivity contribution is -0.179. The van der Waals surface area contributed by atoms with E-state index in [9.17, 15) is 24.3 Å². The van der Waals surface area contributed by atoms with Crippen LogP contribution in [0, 0.1) is 11.3 Å². The molecule has 0 spiro atoms. The minimum atomic E-state index is -1.78. The van der Waals surface area contributed by atoms with Crippen molar-refractivity contribution < 1.29 is 33.8 Å². The summed E-state index contributed by atoms with van der Waals surface area (Å²) in [6, 6.07) is 0.